The second kappa shape index (κ2) is 6.23. The number of aromatic nitrogens is 1. The molecular formula is C11H12F3NO3. The first-order valence-corrected chi connectivity index (χ1v) is 5.16. The van der Waals surface area contributed by atoms with Gasteiger partial charge in [-0.2, -0.15) is 0 Å². The Morgan fingerprint density at radius 2 is 2.17 bits per heavy atom. The van der Waals surface area contributed by atoms with Crippen LogP contribution in [0.4, 0.5) is 13.2 Å². The molecule has 0 amide bonds. The lowest BCUT2D eigenvalue weighted by molar-refractivity contribution is -0.142. The predicted octanol–water partition coefficient (Wildman–Crippen LogP) is 2.27. The number of methoxy groups -OCH3 is 1. The van der Waals surface area contributed by atoms with Gasteiger partial charge in [0, 0.05) is 11.8 Å². The highest BCUT2D eigenvalue weighted by Gasteiger charge is 2.23. The molecule has 0 bridgehead atoms. The molecule has 0 aliphatic rings. The van der Waals surface area contributed by atoms with E-state index in [9.17, 15) is 18.0 Å². The van der Waals surface area contributed by atoms with E-state index in [-0.39, 0.29) is 18.6 Å². The van der Waals surface area contributed by atoms with Crippen molar-refractivity contribution < 1.29 is 27.4 Å². The minimum absolute atomic E-state index is 0.0675. The van der Waals surface area contributed by atoms with Crippen LogP contribution in [0.3, 0.4) is 0 Å². The Balaban J connectivity index is 3.07. The summed E-state index contributed by atoms with van der Waals surface area (Å²) in [4.78, 5) is 14.5. The lowest BCUT2D eigenvalue weighted by Crippen LogP contribution is -2.11. The summed E-state index contributed by atoms with van der Waals surface area (Å²) in [6.45, 7) is 1.79. The van der Waals surface area contributed by atoms with Gasteiger partial charge in [0.2, 0.25) is 0 Å². The third kappa shape index (κ3) is 3.12. The van der Waals surface area contributed by atoms with E-state index in [1.165, 1.54) is 0 Å². The first-order valence-electron chi connectivity index (χ1n) is 5.16. The maximum Gasteiger partial charge on any atom is 0.310 e. The highest BCUT2D eigenvalue weighted by molar-refractivity contribution is 5.73. The van der Waals surface area contributed by atoms with E-state index in [1.54, 1.807) is 6.92 Å². The topological polar surface area (TPSA) is 48.4 Å². The van der Waals surface area contributed by atoms with E-state index in [1.807, 2.05) is 0 Å². The number of alkyl halides is 2. The summed E-state index contributed by atoms with van der Waals surface area (Å²) < 4.78 is 47.8. The van der Waals surface area contributed by atoms with Crippen LogP contribution in [-0.2, 0) is 16.0 Å². The van der Waals surface area contributed by atoms with Crippen molar-refractivity contribution in [1.29, 1.82) is 0 Å². The number of nitrogens with zero attached hydrogens (tertiary/aromatic N) is 1. The second-order valence-corrected chi connectivity index (χ2v) is 3.30. The van der Waals surface area contributed by atoms with Crippen LogP contribution in [0.1, 0.15) is 24.6 Å². The zero-order valence-corrected chi connectivity index (χ0v) is 9.87. The molecule has 0 aliphatic heterocycles. The normalized spacial score (nSPS) is 10.6. The van der Waals surface area contributed by atoms with Crippen molar-refractivity contribution in [3.05, 3.63) is 23.3 Å². The van der Waals surface area contributed by atoms with Crippen molar-refractivity contribution in [3.63, 3.8) is 0 Å². The fourth-order valence-corrected chi connectivity index (χ4v) is 1.39. The zero-order chi connectivity index (χ0) is 13.7. The largest absolute Gasteiger partial charge is 0.493 e. The second-order valence-electron chi connectivity index (χ2n) is 3.30. The van der Waals surface area contributed by atoms with Crippen molar-refractivity contribution in [2.45, 2.75) is 19.8 Å². The van der Waals surface area contributed by atoms with Gasteiger partial charge in [-0.25, -0.2) is 13.2 Å². The number of rotatable bonds is 5. The number of ether oxygens (including phenoxy) is 2. The van der Waals surface area contributed by atoms with Crippen molar-refractivity contribution in [3.8, 4) is 5.75 Å². The van der Waals surface area contributed by atoms with E-state index in [0.717, 1.165) is 13.3 Å². The van der Waals surface area contributed by atoms with Gasteiger partial charge >= 0.3 is 5.97 Å². The van der Waals surface area contributed by atoms with Gasteiger partial charge in [-0.15, -0.1) is 0 Å². The SMILES string of the molecule is CCOC(=O)Cc1cnc(C(F)F)c(F)c1OC. The number of hydrogen-bond donors (Lipinski definition) is 0. The number of carbonyl (C=O) groups is 1. The maximum atomic E-state index is 13.6. The van der Waals surface area contributed by atoms with Gasteiger partial charge in [-0.1, -0.05) is 0 Å². The quantitative estimate of drug-likeness (QED) is 0.765. The molecule has 100 valence electrons. The molecule has 0 spiro atoms. The minimum atomic E-state index is -3.05. The smallest absolute Gasteiger partial charge is 0.310 e. The van der Waals surface area contributed by atoms with Crippen LogP contribution in [0.15, 0.2) is 6.20 Å². The van der Waals surface area contributed by atoms with Crippen LogP contribution in [-0.4, -0.2) is 24.7 Å². The Morgan fingerprint density at radius 1 is 1.50 bits per heavy atom. The van der Waals surface area contributed by atoms with Gasteiger partial charge in [0.15, 0.2) is 11.6 Å². The molecule has 0 radical (unpaired) electrons. The summed E-state index contributed by atoms with van der Waals surface area (Å²) in [5.74, 6) is -2.27. The van der Waals surface area contributed by atoms with Crippen LogP contribution >= 0.6 is 0 Å². The summed E-state index contributed by atoms with van der Waals surface area (Å²) in [6.07, 6.45) is -2.35. The number of carbonyl (C=O) groups excluding carboxylic acids is 1. The molecule has 1 aromatic heterocycles. The molecule has 0 unspecified atom stereocenters. The van der Waals surface area contributed by atoms with E-state index in [2.05, 4.69) is 14.5 Å². The minimum Gasteiger partial charge on any atom is -0.493 e. The van der Waals surface area contributed by atoms with Crippen LogP contribution in [0, 0.1) is 5.82 Å². The Hall–Kier alpha value is -1.79. The molecule has 0 aliphatic carbocycles. The average Bonchev–Trinajstić information content (AvgIpc) is 2.29. The molecule has 1 aromatic rings. The van der Waals surface area contributed by atoms with Gasteiger partial charge in [0.1, 0.15) is 5.69 Å². The number of pyridine rings is 1. The summed E-state index contributed by atoms with van der Waals surface area (Å²) in [7, 11) is 1.13. The molecule has 18 heavy (non-hydrogen) atoms. The summed E-state index contributed by atoms with van der Waals surface area (Å²) >= 11 is 0. The Kier molecular flexibility index (Phi) is 4.94. The Labute approximate surface area is 102 Å². The third-order valence-electron chi connectivity index (χ3n) is 2.13. The lowest BCUT2D eigenvalue weighted by Gasteiger charge is -2.11. The molecule has 0 aromatic carbocycles. The third-order valence-corrected chi connectivity index (χ3v) is 2.13. The summed E-state index contributed by atoms with van der Waals surface area (Å²) in [6, 6.07) is 0. The Morgan fingerprint density at radius 3 is 2.67 bits per heavy atom. The van der Waals surface area contributed by atoms with E-state index in [0.29, 0.717) is 0 Å². The fraction of sp³-hybridized carbons (Fsp3) is 0.455. The van der Waals surface area contributed by atoms with Crippen molar-refractivity contribution in [1.82, 2.24) is 4.98 Å². The molecule has 1 heterocycles. The van der Waals surface area contributed by atoms with Crippen molar-refractivity contribution >= 4 is 5.97 Å². The highest BCUT2D eigenvalue weighted by atomic mass is 19.3. The van der Waals surface area contributed by atoms with Gasteiger partial charge < -0.3 is 9.47 Å². The van der Waals surface area contributed by atoms with E-state index in [4.69, 9.17) is 0 Å². The van der Waals surface area contributed by atoms with Gasteiger partial charge in [0.25, 0.3) is 6.43 Å². The summed E-state index contributed by atoms with van der Waals surface area (Å²) in [5, 5.41) is 0. The van der Waals surface area contributed by atoms with E-state index >= 15 is 0 Å². The van der Waals surface area contributed by atoms with Crippen LogP contribution in [0.5, 0.6) is 5.75 Å². The van der Waals surface area contributed by atoms with E-state index < -0.39 is 29.7 Å². The maximum absolute atomic E-state index is 13.6. The molecule has 0 saturated carbocycles. The number of esters is 1. The van der Waals surface area contributed by atoms with Gasteiger partial charge in [0.05, 0.1) is 20.1 Å². The number of halogens is 3. The average molecular weight is 263 g/mol. The first-order chi connectivity index (χ1) is 8.51. The Bertz CT molecular complexity index is 438. The molecule has 4 nitrogen and oxygen atoms in total. The molecule has 1 rings (SSSR count). The number of hydrogen-bond acceptors (Lipinski definition) is 4. The van der Waals surface area contributed by atoms with Gasteiger partial charge in [-0.05, 0) is 6.92 Å². The molecule has 0 atom stereocenters. The predicted molar refractivity (Wildman–Crippen MR) is 56.0 cm³/mol. The van der Waals surface area contributed by atoms with Crippen LogP contribution < -0.4 is 4.74 Å². The van der Waals surface area contributed by atoms with Crippen molar-refractivity contribution in [2.24, 2.45) is 0 Å². The highest BCUT2D eigenvalue weighted by Crippen LogP contribution is 2.29. The molecule has 0 N–H and O–H groups in total. The van der Waals surface area contributed by atoms with Crippen molar-refractivity contribution in [2.75, 3.05) is 13.7 Å². The monoisotopic (exact) mass is 263 g/mol. The lowest BCUT2D eigenvalue weighted by atomic mass is 10.1. The first kappa shape index (κ1) is 14.3. The standard InChI is InChI=1S/C11H12F3NO3/c1-3-18-7(16)4-6-5-15-9(11(13)14)8(12)10(6)17-2/h5,11H,3-4H2,1-2H3. The zero-order valence-electron chi connectivity index (χ0n) is 9.87. The molecular weight excluding hydrogens is 251 g/mol. The fourth-order valence-electron chi connectivity index (χ4n) is 1.39. The summed E-state index contributed by atoms with van der Waals surface area (Å²) in [5.41, 5.74) is -0.933. The van der Waals surface area contributed by atoms with Gasteiger partial charge in [-0.3, -0.25) is 9.78 Å². The van der Waals surface area contributed by atoms with Crippen LogP contribution in [0.25, 0.3) is 0 Å². The molecule has 0 fully saturated rings. The van der Waals surface area contributed by atoms with Crippen LogP contribution in [0.2, 0.25) is 0 Å². The molecule has 7 heteroatoms. The molecule has 0 saturated heterocycles.